The second kappa shape index (κ2) is 6.92. The minimum atomic E-state index is -0.812. The Kier molecular flexibility index (Phi) is 4.71. The van der Waals surface area contributed by atoms with Crippen LogP contribution in [-0.4, -0.2) is 49.0 Å². The number of pyridine rings is 1. The highest BCUT2D eigenvalue weighted by Gasteiger charge is 2.22. The average Bonchev–Trinajstić information content (AvgIpc) is 2.59. The molecule has 1 saturated heterocycles. The van der Waals surface area contributed by atoms with Gasteiger partial charge in [0.1, 0.15) is 23.1 Å². The first-order valence-electron chi connectivity index (χ1n) is 7.70. The molecule has 126 valence electrons. The molecule has 1 fully saturated rings. The lowest BCUT2D eigenvalue weighted by molar-refractivity contribution is 0.102. The number of rotatable bonds is 3. The highest BCUT2D eigenvalue weighted by atomic mass is 19.1. The summed E-state index contributed by atoms with van der Waals surface area (Å²) in [6.45, 7) is 3.20. The van der Waals surface area contributed by atoms with Crippen molar-refractivity contribution in [2.45, 2.75) is 0 Å². The summed E-state index contributed by atoms with van der Waals surface area (Å²) >= 11 is 0. The maximum absolute atomic E-state index is 13.7. The Morgan fingerprint density at radius 3 is 2.42 bits per heavy atom. The summed E-state index contributed by atoms with van der Waals surface area (Å²) in [6.07, 6.45) is 1.61. The maximum atomic E-state index is 13.7. The van der Waals surface area contributed by atoms with Gasteiger partial charge in [-0.15, -0.1) is 0 Å². The van der Waals surface area contributed by atoms with Crippen LogP contribution in [0.4, 0.5) is 20.3 Å². The molecule has 0 bridgehead atoms. The van der Waals surface area contributed by atoms with E-state index >= 15 is 0 Å². The number of nitrogens with zero attached hydrogens (tertiary/aromatic N) is 3. The third-order valence-electron chi connectivity index (χ3n) is 4.04. The SMILES string of the molecule is CN1CCN(c2ncccc2C(=O)Nc2c(F)cccc2F)CC1. The van der Waals surface area contributed by atoms with Crippen LogP contribution < -0.4 is 10.2 Å². The predicted octanol–water partition coefficient (Wildman–Crippen LogP) is 2.36. The van der Waals surface area contributed by atoms with E-state index in [4.69, 9.17) is 0 Å². The van der Waals surface area contributed by atoms with Crippen molar-refractivity contribution in [2.75, 3.05) is 43.4 Å². The molecule has 0 radical (unpaired) electrons. The number of hydrogen-bond acceptors (Lipinski definition) is 4. The molecule has 0 spiro atoms. The molecule has 0 atom stereocenters. The number of likely N-dealkylation sites (N-methyl/N-ethyl adjacent to an activating group) is 1. The molecule has 1 aliphatic rings. The Bertz CT molecular complexity index is 725. The fourth-order valence-electron chi connectivity index (χ4n) is 2.64. The van der Waals surface area contributed by atoms with Gasteiger partial charge in [0.15, 0.2) is 0 Å². The number of hydrogen-bond donors (Lipinski definition) is 1. The molecule has 1 amide bonds. The molecule has 1 aliphatic heterocycles. The summed E-state index contributed by atoms with van der Waals surface area (Å²) in [6, 6.07) is 6.69. The van der Waals surface area contributed by atoms with Crippen LogP contribution in [-0.2, 0) is 0 Å². The van der Waals surface area contributed by atoms with Gasteiger partial charge in [0.05, 0.1) is 5.56 Å². The number of piperazine rings is 1. The average molecular weight is 332 g/mol. The normalized spacial score (nSPS) is 15.4. The van der Waals surface area contributed by atoms with Crippen LogP contribution in [0.15, 0.2) is 36.5 Å². The van der Waals surface area contributed by atoms with Gasteiger partial charge < -0.3 is 15.1 Å². The molecule has 1 aromatic carbocycles. The monoisotopic (exact) mass is 332 g/mol. The Labute approximate surface area is 138 Å². The van der Waals surface area contributed by atoms with E-state index in [2.05, 4.69) is 15.2 Å². The van der Waals surface area contributed by atoms with E-state index in [0.29, 0.717) is 11.4 Å². The van der Waals surface area contributed by atoms with Crippen LogP contribution in [0.1, 0.15) is 10.4 Å². The fourth-order valence-corrected chi connectivity index (χ4v) is 2.64. The molecular weight excluding hydrogens is 314 g/mol. The van der Waals surface area contributed by atoms with Crippen LogP contribution in [0, 0.1) is 11.6 Å². The summed E-state index contributed by atoms with van der Waals surface area (Å²) < 4.78 is 27.5. The van der Waals surface area contributed by atoms with Crippen LogP contribution >= 0.6 is 0 Å². The minimum absolute atomic E-state index is 0.296. The summed E-state index contributed by atoms with van der Waals surface area (Å²) in [5.41, 5.74) is -0.152. The van der Waals surface area contributed by atoms with E-state index in [1.165, 1.54) is 6.07 Å². The molecule has 7 heteroatoms. The smallest absolute Gasteiger partial charge is 0.259 e. The lowest BCUT2D eigenvalue weighted by Gasteiger charge is -2.34. The van der Waals surface area contributed by atoms with E-state index in [1.54, 1.807) is 18.3 Å². The van der Waals surface area contributed by atoms with Crippen LogP contribution in [0.25, 0.3) is 0 Å². The zero-order valence-corrected chi connectivity index (χ0v) is 13.3. The van der Waals surface area contributed by atoms with Crippen molar-refractivity contribution in [3.63, 3.8) is 0 Å². The summed E-state index contributed by atoms with van der Waals surface area (Å²) in [5, 5.41) is 2.32. The second-order valence-corrected chi connectivity index (χ2v) is 5.72. The Balaban J connectivity index is 1.85. The van der Waals surface area contributed by atoms with E-state index in [1.807, 2.05) is 11.9 Å². The zero-order valence-electron chi connectivity index (χ0n) is 13.3. The quantitative estimate of drug-likeness (QED) is 0.937. The fraction of sp³-hybridized carbons (Fsp3) is 0.294. The van der Waals surface area contributed by atoms with Crippen molar-refractivity contribution < 1.29 is 13.6 Å². The Morgan fingerprint density at radius 1 is 1.08 bits per heavy atom. The van der Waals surface area contributed by atoms with Crippen LogP contribution in [0.2, 0.25) is 0 Å². The lowest BCUT2D eigenvalue weighted by atomic mass is 10.2. The van der Waals surface area contributed by atoms with Gasteiger partial charge in [-0.3, -0.25) is 4.79 Å². The lowest BCUT2D eigenvalue weighted by Crippen LogP contribution is -2.45. The zero-order chi connectivity index (χ0) is 17.1. The number of anilines is 2. The molecule has 5 nitrogen and oxygen atoms in total. The minimum Gasteiger partial charge on any atom is -0.353 e. The first-order valence-corrected chi connectivity index (χ1v) is 7.70. The molecule has 0 unspecified atom stereocenters. The van der Waals surface area contributed by atoms with Crippen molar-refractivity contribution in [3.8, 4) is 0 Å². The molecule has 1 aromatic heterocycles. The van der Waals surface area contributed by atoms with Gasteiger partial charge in [-0.25, -0.2) is 13.8 Å². The highest BCUT2D eigenvalue weighted by Crippen LogP contribution is 2.23. The van der Waals surface area contributed by atoms with Crippen molar-refractivity contribution in [2.24, 2.45) is 0 Å². The van der Waals surface area contributed by atoms with Gasteiger partial charge in [0, 0.05) is 32.4 Å². The largest absolute Gasteiger partial charge is 0.353 e. The van der Waals surface area contributed by atoms with Crippen molar-refractivity contribution >= 4 is 17.4 Å². The van der Waals surface area contributed by atoms with Crippen LogP contribution in [0.5, 0.6) is 0 Å². The molecule has 0 saturated carbocycles. The number of para-hydroxylation sites is 1. The van der Waals surface area contributed by atoms with Gasteiger partial charge in [-0.05, 0) is 31.3 Å². The third-order valence-corrected chi connectivity index (χ3v) is 4.04. The number of carbonyl (C=O) groups is 1. The molecule has 2 heterocycles. The van der Waals surface area contributed by atoms with E-state index in [0.717, 1.165) is 38.3 Å². The second-order valence-electron chi connectivity index (χ2n) is 5.72. The first-order chi connectivity index (χ1) is 11.6. The van der Waals surface area contributed by atoms with Gasteiger partial charge >= 0.3 is 0 Å². The van der Waals surface area contributed by atoms with Gasteiger partial charge in [-0.1, -0.05) is 6.07 Å². The highest BCUT2D eigenvalue weighted by molar-refractivity contribution is 6.07. The number of benzene rings is 1. The standard InChI is InChI=1S/C17H18F2N4O/c1-22-8-10-23(11-9-22)16-12(4-3-7-20-16)17(24)21-15-13(18)5-2-6-14(15)19/h2-7H,8-11H2,1H3,(H,21,24). The van der Waals surface area contributed by atoms with Gasteiger partial charge in [-0.2, -0.15) is 0 Å². The number of aromatic nitrogens is 1. The predicted molar refractivity (Wildman–Crippen MR) is 88.3 cm³/mol. The van der Waals surface area contributed by atoms with Gasteiger partial charge in [0.25, 0.3) is 5.91 Å². The van der Waals surface area contributed by atoms with E-state index < -0.39 is 23.2 Å². The third kappa shape index (κ3) is 3.35. The van der Waals surface area contributed by atoms with E-state index in [9.17, 15) is 13.6 Å². The van der Waals surface area contributed by atoms with Crippen molar-refractivity contribution in [1.82, 2.24) is 9.88 Å². The van der Waals surface area contributed by atoms with E-state index in [-0.39, 0.29) is 0 Å². The number of halogens is 2. The summed E-state index contributed by atoms with van der Waals surface area (Å²) in [5.74, 6) is -1.68. The molecule has 0 aliphatic carbocycles. The Hall–Kier alpha value is -2.54. The summed E-state index contributed by atoms with van der Waals surface area (Å²) in [7, 11) is 2.03. The molecular formula is C17H18F2N4O. The first kappa shape index (κ1) is 16.3. The maximum Gasteiger partial charge on any atom is 0.259 e. The molecule has 2 aromatic rings. The Morgan fingerprint density at radius 2 is 1.75 bits per heavy atom. The number of amides is 1. The molecule has 24 heavy (non-hydrogen) atoms. The summed E-state index contributed by atoms with van der Waals surface area (Å²) in [4.78, 5) is 21.0. The topological polar surface area (TPSA) is 48.5 Å². The number of nitrogens with one attached hydrogen (secondary N) is 1. The molecule has 1 N–H and O–H groups in total. The van der Waals surface area contributed by atoms with Gasteiger partial charge in [0.2, 0.25) is 0 Å². The molecule has 3 rings (SSSR count). The number of carbonyl (C=O) groups excluding carboxylic acids is 1. The van der Waals surface area contributed by atoms with Crippen LogP contribution in [0.3, 0.4) is 0 Å². The van der Waals surface area contributed by atoms with Crippen molar-refractivity contribution in [3.05, 3.63) is 53.7 Å². The van der Waals surface area contributed by atoms with Crippen molar-refractivity contribution in [1.29, 1.82) is 0 Å².